The molecule has 2 aromatic rings. The molecule has 0 unspecified atom stereocenters. The number of pyridine rings is 2. The highest BCUT2D eigenvalue weighted by Crippen LogP contribution is 2.22. The molecule has 0 aromatic carbocycles. The molecule has 0 aliphatic heterocycles. The van der Waals surface area contributed by atoms with Crippen molar-refractivity contribution in [2.45, 2.75) is 19.8 Å². The van der Waals surface area contributed by atoms with Crippen LogP contribution in [0.15, 0.2) is 35.1 Å². The Hall–Kier alpha value is -1.95. The van der Waals surface area contributed by atoms with E-state index in [9.17, 15) is 4.79 Å². The monoisotopic (exact) mass is 334 g/mol. The highest BCUT2D eigenvalue weighted by Gasteiger charge is 2.12. The minimum absolute atomic E-state index is 0.206. The number of rotatable bonds is 3. The van der Waals surface area contributed by atoms with Crippen molar-refractivity contribution in [3.63, 3.8) is 0 Å². The van der Waals surface area contributed by atoms with Gasteiger partial charge in [0.25, 0.3) is 5.91 Å². The number of nitrogens with two attached hydrogens (primary N) is 1. The molecule has 0 fully saturated rings. The molecular weight excluding hydrogens is 320 g/mol. The van der Waals surface area contributed by atoms with Gasteiger partial charge in [-0.2, -0.15) is 0 Å². The topological polar surface area (TPSA) is 80.9 Å². The maximum absolute atomic E-state index is 12.3. The van der Waals surface area contributed by atoms with E-state index in [-0.39, 0.29) is 11.8 Å². The lowest BCUT2D eigenvalue weighted by Gasteiger charge is -2.10. The minimum atomic E-state index is -0.229. The Morgan fingerprint density at radius 3 is 2.80 bits per heavy atom. The molecule has 104 valence electrons. The molecule has 5 nitrogen and oxygen atoms in total. The Morgan fingerprint density at radius 1 is 1.40 bits per heavy atom. The summed E-state index contributed by atoms with van der Waals surface area (Å²) in [7, 11) is 0. The van der Waals surface area contributed by atoms with E-state index >= 15 is 0 Å². The van der Waals surface area contributed by atoms with Crippen LogP contribution in [0.4, 0.5) is 11.5 Å². The molecule has 0 saturated heterocycles. The molecular formula is C14H15BrN4O. The van der Waals surface area contributed by atoms with Crippen molar-refractivity contribution in [1.29, 1.82) is 0 Å². The van der Waals surface area contributed by atoms with Crippen LogP contribution in [0.1, 0.15) is 35.8 Å². The average Bonchev–Trinajstić information content (AvgIpc) is 2.40. The first kappa shape index (κ1) is 14.5. The van der Waals surface area contributed by atoms with Gasteiger partial charge in [0.1, 0.15) is 5.82 Å². The number of anilines is 2. The van der Waals surface area contributed by atoms with Crippen molar-refractivity contribution in [3.8, 4) is 0 Å². The first-order valence-electron chi connectivity index (χ1n) is 6.15. The molecule has 1 amide bonds. The average molecular weight is 335 g/mol. The maximum Gasteiger partial charge on any atom is 0.255 e. The van der Waals surface area contributed by atoms with Crippen LogP contribution in [0.3, 0.4) is 0 Å². The lowest BCUT2D eigenvalue weighted by atomic mass is 10.1. The Kier molecular flexibility index (Phi) is 4.34. The van der Waals surface area contributed by atoms with Crippen LogP contribution in [0, 0.1) is 0 Å². The van der Waals surface area contributed by atoms with Gasteiger partial charge in [-0.25, -0.2) is 4.98 Å². The fourth-order valence-corrected chi connectivity index (χ4v) is 2.02. The number of halogens is 1. The third-order valence-corrected chi connectivity index (χ3v) is 3.37. The van der Waals surface area contributed by atoms with Crippen molar-refractivity contribution < 1.29 is 4.79 Å². The number of nitrogens with zero attached hydrogens (tertiary/aromatic N) is 2. The summed E-state index contributed by atoms with van der Waals surface area (Å²) in [6.07, 6.45) is 3.23. The quantitative estimate of drug-likeness (QED) is 0.903. The lowest BCUT2D eigenvalue weighted by molar-refractivity contribution is 0.102. The molecule has 0 bridgehead atoms. The zero-order valence-corrected chi connectivity index (χ0v) is 12.8. The minimum Gasteiger partial charge on any atom is -0.384 e. The Morgan fingerprint density at radius 2 is 2.15 bits per heavy atom. The predicted molar refractivity (Wildman–Crippen MR) is 82.6 cm³/mol. The van der Waals surface area contributed by atoms with Crippen molar-refractivity contribution in [1.82, 2.24) is 9.97 Å². The normalized spacial score (nSPS) is 10.6. The molecule has 20 heavy (non-hydrogen) atoms. The number of carbonyl (C=O) groups excluding carboxylic acids is 1. The number of aromatic nitrogens is 2. The van der Waals surface area contributed by atoms with E-state index in [4.69, 9.17) is 5.73 Å². The molecule has 0 spiro atoms. The highest BCUT2D eigenvalue weighted by atomic mass is 79.9. The van der Waals surface area contributed by atoms with Gasteiger partial charge in [-0.3, -0.25) is 9.78 Å². The maximum atomic E-state index is 12.3. The predicted octanol–water partition coefficient (Wildman–Crippen LogP) is 3.20. The van der Waals surface area contributed by atoms with Gasteiger partial charge in [-0.05, 0) is 40.0 Å². The summed E-state index contributed by atoms with van der Waals surface area (Å²) in [5, 5.41) is 2.81. The second-order valence-corrected chi connectivity index (χ2v) is 5.52. The van der Waals surface area contributed by atoms with Crippen LogP contribution in [0.25, 0.3) is 0 Å². The van der Waals surface area contributed by atoms with Crippen LogP contribution in [0.2, 0.25) is 0 Å². The standard InChI is InChI=1S/C14H15BrN4O/c1-8(2)12-5-9(6-13(16)18-12)14(20)19-11-3-4-17-7-10(11)15/h3-8H,1-2H3,(H2,16,18)(H,17,19,20). The van der Waals surface area contributed by atoms with Crippen molar-refractivity contribution in [2.75, 3.05) is 11.1 Å². The molecule has 2 heterocycles. The van der Waals surface area contributed by atoms with Gasteiger partial charge < -0.3 is 11.1 Å². The molecule has 0 radical (unpaired) electrons. The Balaban J connectivity index is 2.28. The molecule has 3 N–H and O–H groups in total. The van der Waals surface area contributed by atoms with Crippen molar-refractivity contribution >= 4 is 33.3 Å². The number of carbonyl (C=O) groups is 1. The number of nitrogen functional groups attached to an aromatic ring is 1. The molecule has 0 aliphatic carbocycles. The van der Waals surface area contributed by atoms with E-state index in [1.165, 1.54) is 0 Å². The first-order chi connectivity index (χ1) is 9.47. The van der Waals surface area contributed by atoms with Gasteiger partial charge in [0.05, 0.1) is 10.2 Å². The van der Waals surface area contributed by atoms with Crippen LogP contribution < -0.4 is 11.1 Å². The molecule has 0 saturated carbocycles. The first-order valence-corrected chi connectivity index (χ1v) is 6.95. The zero-order valence-electron chi connectivity index (χ0n) is 11.2. The van der Waals surface area contributed by atoms with Crippen molar-refractivity contribution in [3.05, 3.63) is 46.3 Å². The number of hydrogen-bond acceptors (Lipinski definition) is 4. The van der Waals surface area contributed by atoms with Crippen LogP contribution >= 0.6 is 15.9 Å². The molecule has 6 heteroatoms. The van der Waals surface area contributed by atoms with E-state index in [1.807, 2.05) is 13.8 Å². The summed E-state index contributed by atoms with van der Waals surface area (Å²) >= 11 is 3.34. The fraction of sp³-hybridized carbons (Fsp3) is 0.214. The van der Waals surface area contributed by atoms with E-state index in [0.29, 0.717) is 17.1 Å². The second-order valence-electron chi connectivity index (χ2n) is 4.67. The summed E-state index contributed by atoms with van der Waals surface area (Å²) in [4.78, 5) is 20.4. The van der Waals surface area contributed by atoms with E-state index in [1.54, 1.807) is 30.6 Å². The third-order valence-electron chi connectivity index (χ3n) is 2.74. The summed E-state index contributed by atoms with van der Waals surface area (Å²) in [6.45, 7) is 4.01. The molecule has 2 aromatic heterocycles. The third kappa shape index (κ3) is 3.33. The van der Waals surface area contributed by atoms with Crippen LogP contribution in [0.5, 0.6) is 0 Å². The van der Waals surface area contributed by atoms with Gasteiger partial charge in [0, 0.05) is 23.7 Å². The number of hydrogen-bond donors (Lipinski definition) is 2. The largest absolute Gasteiger partial charge is 0.384 e. The smallest absolute Gasteiger partial charge is 0.255 e. The number of nitrogens with one attached hydrogen (secondary N) is 1. The summed E-state index contributed by atoms with van der Waals surface area (Å²) in [6, 6.07) is 5.04. The zero-order chi connectivity index (χ0) is 14.7. The van der Waals surface area contributed by atoms with Crippen molar-refractivity contribution in [2.24, 2.45) is 0 Å². The molecule has 0 atom stereocenters. The van der Waals surface area contributed by atoms with Gasteiger partial charge in [-0.1, -0.05) is 13.8 Å². The molecule has 2 rings (SSSR count). The van der Waals surface area contributed by atoms with Gasteiger partial charge >= 0.3 is 0 Å². The number of amides is 1. The fourth-order valence-electron chi connectivity index (χ4n) is 1.67. The second kappa shape index (κ2) is 6.00. The van der Waals surface area contributed by atoms with E-state index in [0.717, 1.165) is 10.2 Å². The van der Waals surface area contributed by atoms with Crippen LogP contribution in [-0.2, 0) is 0 Å². The lowest BCUT2D eigenvalue weighted by Crippen LogP contribution is -2.14. The Labute approximate surface area is 125 Å². The van der Waals surface area contributed by atoms with E-state index in [2.05, 4.69) is 31.2 Å². The van der Waals surface area contributed by atoms with E-state index < -0.39 is 0 Å². The highest BCUT2D eigenvalue weighted by molar-refractivity contribution is 9.10. The van der Waals surface area contributed by atoms with Gasteiger partial charge in [-0.15, -0.1) is 0 Å². The summed E-state index contributed by atoms with van der Waals surface area (Å²) in [5.74, 6) is 0.320. The van der Waals surface area contributed by atoms with Gasteiger partial charge in [0.2, 0.25) is 0 Å². The summed E-state index contributed by atoms with van der Waals surface area (Å²) in [5.41, 5.74) is 7.69. The van der Waals surface area contributed by atoms with Gasteiger partial charge in [0.15, 0.2) is 0 Å². The molecule has 0 aliphatic rings. The van der Waals surface area contributed by atoms with Crippen LogP contribution in [-0.4, -0.2) is 15.9 Å². The SMILES string of the molecule is CC(C)c1cc(C(=O)Nc2ccncc2Br)cc(N)n1. The summed E-state index contributed by atoms with van der Waals surface area (Å²) < 4.78 is 0.722. The Bertz CT molecular complexity index is 643.